The zero-order valence-corrected chi connectivity index (χ0v) is 27.1. The summed E-state index contributed by atoms with van der Waals surface area (Å²) in [7, 11) is 0. The van der Waals surface area contributed by atoms with E-state index >= 15 is 0 Å². The second kappa shape index (κ2) is 12.0. The van der Waals surface area contributed by atoms with Gasteiger partial charge in [0.2, 0.25) is 0 Å². The summed E-state index contributed by atoms with van der Waals surface area (Å²) in [6.45, 7) is 0. The number of para-hydroxylation sites is 1. The van der Waals surface area contributed by atoms with Gasteiger partial charge < -0.3 is 4.90 Å². The molecule has 9 rings (SSSR count). The number of rotatable bonds is 6. The topological polar surface area (TPSA) is 3.24 Å². The minimum absolute atomic E-state index is 1.12. The molecular formula is C46H31NS. The fourth-order valence-corrected chi connectivity index (χ4v) is 7.96. The lowest BCUT2D eigenvalue weighted by atomic mass is 9.98. The molecule has 0 amide bonds. The molecule has 0 aliphatic heterocycles. The normalized spacial score (nSPS) is 11.3. The van der Waals surface area contributed by atoms with Crippen LogP contribution in [0.4, 0.5) is 17.1 Å². The van der Waals surface area contributed by atoms with Gasteiger partial charge in [-0.2, -0.15) is 0 Å². The molecule has 2 heteroatoms. The van der Waals surface area contributed by atoms with Gasteiger partial charge in [-0.15, -0.1) is 11.3 Å². The van der Waals surface area contributed by atoms with E-state index in [9.17, 15) is 0 Å². The Bertz CT molecular complexity index is 2510. The molecule has 0 spiro atoms. The first-order valence-electron chi connectivity index (χ1n) is 16.3. The van der Waals surface area contributed by atoms with E-state index in [-0.39, 0.29) is 0 Å². The Hall–Kier alpha value is -5.96. The van der Waals surface area contributed by atoms with Crippen LogP contribution in [0.5, 0.6) is 0 Å². The minimum Gasteiger partial charge on any atom is -0.311 e. The van der Waals surface area contributed by atoms with Crippen molar-refractivity contribution in [1.82, 2.24) is 0 Å². The molecule has 0 unspecified atom stereocenters. The second-order valence-electron chi connectivity index (χ2n) is 12.2. The summed E-state index contributed by atoms with van der Waals surface area (Å²) in [5, 5.41) is 5.28. The predicted octanol–water partition coefficient (Wildman–Crippen LogP) is 13.7. The van der Waals surface area contributed by atoms with Crippen LogP contribution in [-0.2, 0) is 0 Å². The van der Waals surface area contributed by atoms with Crippen molar-refractivity contribution >= 4 is 59.3 Å². The number of nitrogens with zero attached hydrogens (tertiary/aromatic N) is 1. The van der Waals surface area contributed by atoms with E-state index in [1.807, 2.05) is 11.3 Å². The van der Waals surface area contributed by atoms with Gasteiger partial charge in [-0.25, -0.2) is 0 Å². The Morgan fingerprint density at radius 2 is 0.771 bits per heavy atom. The maximum Gasteiger partial charge on any atom is 0.0462 e. The van der Waals surface area contributed by atoms with Crippen LogP contribution in [0.2, 0.25) is 0 Å². The van der Waals surface area contributed by atoms with Crippen LogP contribution in [0.15, 0.2) is 188 Å². The van der Waals surface area contributed by atoms with Crippen molar-refractivity contribution in [3.05, 3.63) is 188 Å². The predicted molar refractivity (Wildman–Crippen MR) is 208 cm³/mol. The first-order chi connectivity index (χ1) is 23.8. The number of fused-ring (bicyclic) bond motifs is 5. The van der Waals surface area contributed by atoms with Crippen LogP contribution >= 0.6 is 11.3 Å². The maximum atomic E-state index is 2.37. The van der Waals surface area contributed by atoms with Crippen molar-refractivity contribution in [2.45, 2.75) is 0 Å². The molecule has 1 aromatic heterocycles. The summed E-state index contributed by atoms with van der Waals surface area (Å²) in [6, 6.07) is 68.0. The van der Waals surface area contributed by atoms with Crippen molar-refractivity contribution < 1.29 is 0 Å². The molecule has 8 aromatic carbocycles. The van der Waals surface area contributed by atoms with E-state index in [2.05, 4.69) is 193 Å². The lowest BCUT2D eigenvalue weighted by molar-refractivity contribution is 1.28. The van der Waals surface area contributed by atoms with Crippen LogP contribution in [0.3, 0.4) is 0 Å². The fraction of sp³-hybridized carbons (Fsp3) is 0. The van der Waals surface area contributed by atoms with Gasteiger partial charge in [-0.05, 0) is 98.8 Å². The molecule has 0 bridgehead atoms. The monoisotopic (exact) mass is 629 g/mol. The van der Waals surface area contributed by atoms with Crippen molar-refractivity contribution in [3.8, 4) is 33.4 Å². The maximum absolute atomic E-state index is 2.37. The van der Waals surface area contributed by atoms with E-state index in [4.69, 9.17) is 0 Å². The molecule has 9 aromatic rings. The molecule has 0 aliphatic carbocycles. The van der Waals surface area contributed by atoms with Crippen LogP contribution in [0.25, 0.3) is 64.3 Å². The van der Waals surface area contributed by atoms with Gasteiger partial charge in [-0.3, -0.25) is 0 Å². The summed E-state index contributed by atoms with van der Waals surface area (Å²) in [6.07, 6.45) is 0. The van der Waals surface area contributed by atoms with Crippen molar-refractivity contribution in [2.75, 3.05) is 4.90 Å². The highest BCUT2D eigenvalue weighted by atomic mass is 32.1. The quantitative estimate of drug-likeness (QED) is 0.177. The van der Waals surface area contributed by atoms with E-state index in [0.29, 0.717) is 0 Å². The lowest BCUT2D eigenvalue weighted by Gasteiger charge is -2.26. The van der Waals surface area contributed by atoms with Crippen molar-refractivity contribution in [2.24, 2.45) is 0 Å². The van der Waals surface area contributed by atoms with E-state index < -0.39 is 0 Å². The van der Waals surface area contributed by atoms with E-state index in [1.54, 1.807) is 0 Å². The zero-order valence-electron chi connectivity index (χ0n) is 26.3. The zero-order chi connectivity index (χ0) is 31.9. The van der Waals surface area contributed by atoms with Gasteiger partial charge in [-0.1, -0.05) is 133 Å². The van der Waals surface area contributed by atoms with Crippen LogP contribution in [-0.4, -0.2) is 0 Å². The van der Waals surface area contributed by atoms with Gasteiger partial charge >= 0.3 is 0 Å². The first kappa shape index (κ1) is 28.3. The minimum atomic E-state index is 1.12. The summed E-state index contributed by atoms with van der Waals surface area (Å²) >= 11 is 1.87. The molecule has 0 atom stereocenters. The Balaban J connectivity index is 1.05. The summed E-state index contributed by atoms with van der Waals surface area (Å²) in [5.74, 6) is 0. The standard InChI is InChI=1S/C46H31NS/c1-3-9-32(10-4-1)33-15-17-34(18-16-33)35-21-26-40(27-22-35)47(39-11-5-2-6-12-39)41-28-23-36(24-29-41)38-20-19-37-25-30-45-46(43(37)31-38)42-13-7-8-14-44(42)48-45/h1-31H. The Kier molecular flexibility index (Phi) is 7.07. The smallest absolute Gasteiger partial charge is 0.0462 e. The molecule has 1 heterocycles. The highest BCUT2D eigenvalue weighted by Gasteiger charge is 2.14. The number of benzene rings is 8. The highest BCUT2D eigenvalue weighted by molar-refractivity contribution is 7.26. The summed E-state index contributed by atoms with van der Waals surface area (Å²) < 4.78 is 2.68. The van der Waals surface area contributed by atoms with Gasteiger partial charge in [0.25, 0.3) is 0 Å². The average Bonchev–Trinajstić information content (AvgIpc) is 3.56. The molecule has 1 nitrogen and oxygen atoms in total. The summed E-state index contributed by atoms with van der Waals surface area (Å²) in [5.41, 5.74) is 10.7. The Morgan fingerprint density at radius 3 is 1.42 bits per heavy atom. The first-order valence-corrected chi connectivity index (χ1v) is 17.2. The average molecular weight is 630 g/mol. The SMILES string of the molecule is c1ccc(-c2ccc(-c3ccc(N(c4ccccc4)c4ccc(-c5ccc6ccc7sc8ccccc8c7c6c5)cc4)cc3)cc2)cc1. The number of hydrogen-bond acceptors (Lipinski definition) is 2. The second-order valence-corrected chi connectivity index (χ2v) is 13.3. The lowest BCUT2D eigenvalue weighted by Crippen LogP contribution is -2.09. The van der Waals surface area contributed by atoms with Gasteiger partial charge in [0.1, 0.15) is 0 Å². The van der Waals surface area contributed by atoms with Crippen LogP contribution in [0.1, 0.15) is 0 Å². The Labute approximate surface area is 284 Å². The molecule has 0 saturated carbocycles. The summed E-state index contributed by atoms with van der Waals surface area (Å²) in [4.78, 5) is 2.33. The third kappa shape index (κ3) is 5.13. The van der Waals surface area contributed by atoms with Crippen molar-refractivity contribution in [3.63, 3.8) is 0 Å². The molecule has 0 saturated heterocycles. The van der Waals surface area contributed by atoms with Gasteiger partial charge in [0.15, 0.2) is 0 Å². The third-order valence-electron chi connectivity index (χ3n) is 9.28. The molecular weight excluding hydrogens is 599 g/mol. The molecule has 0 aliphatic rings. The number of thiophene rings is 1. The fourth-order valence-electron chi connectivity index (χ4n) is 6.84. The van der Waals surface area contributed by atoms with Gasteiger partial charge in [0.05, 0.1) is 0 Å². The Morgan fingerprint density at radius 1 is 0.312 bits per heavy atom. The van der Waals surface area contributed by atoms with Crippen LogP contribution < -0.4 is 4.90 Å². The van der Waals surface area contributed by atoms with E-state index in [0.717, 1.165) is 17.1 Å². The highest BCUT2D eigenvalue weighted by Crippen LogP contribution is 2.41. The molecule has 0 N–H and O–H groups in total. The number of hydrogen-bond donors (Lipinski definition) is 0. The van der Waals surface area contributed by atoms with Crippen molar-refractivity contribution in [1.29, 1.82) is 0 Å². The third-order valence-corrected chi connectivity index (χ3v) is 10.4. The van der Waals surface area contributed by atoms with E-state index in [1.165, 1.54) is 64.3 Å². The molecule has 226 valence electrons. The number of anilines is 3. The van der Waals surface area contributed by atoms with Gasteiger partial charge in [0, 0.05) is 37.2 Å². The van der Waals surface area contributed by atoms with Crippen LogP contribution in [0, 0.1) is 0 Å². The molecule has 48 heavy (non-hydrogen) atoms. The molecule has 0 fully saturated rings. The molecule has 0 radical (unpaired) electrons. The largest absolute Gasteiger partial charge is 0.311 e.